The second kappa shape index (κ2) is 11.0. The van der Waals surface area contributed by atoms with Crippen molar-refractivity contribution in [1.82, 2.24) is 15.2 Å². The number of carbonyl (C=O) groups is 1. The third-order valence-corrected chi connectivity index (χ3v) is 5.88. The van der Waals surface area contributed by atoms with Gasteiger partial charge < -0.3 is 20.7 Å². The van der Waals surface area contributed by atoms with Gasteiger partial charge in [-0.25, -0.2) is 9.37 Å². The van der Waals surface area contributed by atoms with E-state index in [4.69, 9.17) is 33.7 Å². The van der Waals surface area contributed by atoms with Crippen LogP contribution in [-0.4, -0.2) is 42.5 Å². The number of nitrogens with two attached hydrogens (primary N) is 1. The fraction of sp³-hybridized carbons (Fsp3) is 0.280. The zero-order valence-electron chi connectivity index (χ0n) is 19.4. The SMILES string of the molecule is CC(CN(C)C)NC(=O)c1ccc(-c2cnc(N)c(OC(C)c3c(Cl)ccc(F)c3Cl)c2)cc1. The van der Waals surface area contributed by atoms with Crippen molar-refractivity contribution in [2.24, 2.45) is 0 Å². The predicted molar refractivity (Wildman–Crippen MR) is 135 cm³/mol. The van der Waals surface area contributed by atoms with E-state index >= 15 is 0 Å². The Morgan fingerprint density at radius 1 is 1.15 bits per heavy atom. The normalized spacial score (nSPS) is 12.9. The minimum atomic E-state index is -0.676. The standard InChI is InChI=1S/C25H27Cl2FN4O2/c1-14(13-32(3)4)31-25(33)17-7-5-16(6-8-17)18-11-21(24(29)30-12-18)34-15(2)22-19(26)9-10-20(28)23(22)27/h5-12,14-15H,13H2,1-4H3,(H2,29,30)(H,31,33). The van der Waals surface area contributed by atoms with Crippen LogP contribution in [0.2, 0.25) is 10.0 Å². The van der Waals surface area contributed by atoms with E-state index in [1.54, 1.807) is 31.3 Å². The zero-order valence-corrected chi connectivity index (χ0v) is 20.9. The lowest BCUT2D eigenvalue weighted by Crippen LogP contribution is -2.39. The number of rotatable bonds is 8. The Morgan fingerprint density at radius 3 is 2.47 bits per heavy atom. The van der Waals surface area contributed by atoms with E-state index in [-0.39, 0.29) is 27.8 Å². The molecule has 2 aromatic carbocycles. The Morgan fingerprint density at radius 2 is 1.82 bits per heavy atom. The number of hydrogen-bond acceptors (Lipinski definition) is 5. The molecule has 9 heteroatoms. The predicted octanol–water partition coefficient (Wildman–Crippen LogP) is 5.60. The Kier molecular flexibility index (Phi) is 8.36. The number of ether oxygens (including phenoxy) is 1. The molecule has 1 aromatic heterocycles. The van der Waals surface area contributed by atoms with Crippen LogP contribution >= 0.6 is 23.2 Å². The van der Waals surface area contributed by atoms with Gasteiger partial charge in [0.1, 0.15) is 11.9 Å². The van der Waals surface area contributed by atoms with Crippen LogP contribution in [0.1, 0.15) is 35.9 Å². The van der Waals surface area contributed by atoms with Crippen molar-refractivity contribution in [3.63, 3.8) is 0 Å². The molecule has 0 saturated heterocycles. The highest BCUT2D eigenvalue weighted by molar-refractivity contribution is 6.36. The first-order valence-electron chi connectivity index (χ1n) is 10.7. The third-order valence-electron chi connectivity index (χ3n) is 5.17. The molecule has 0 bridgehead atoms. The lowest BCUT2D eigenvalue weighted by atomic mass is 10.0. The lowest BCUT2D eigenvalue weighted by molar-refractivity contribution is 0.0934. The van der Waals surface area contributed by atoms with Crippen LogP contribution in [0.3, 0.4) is 0 Å². The molecule has 0 spiro atoms. The maximum atomic E-state index is 13.9. The molecule has 0 aliphatic carbocycles. The van der Waals surface area contributed by atoms with E-state index < -0.39 is 11.9 Å². The topological polar surface area (TPSA) is 80.5 Å². The first-order chi connectivity index (χ1) is 16.1. The molecular formula is C25H27Cl2FN4O2. The minimum Gasteiger partial charge on any atom is -0.482 e. The minimum absolute atomic E-state index is 0.0188. The van der Waals surface area contributed by atoms with Crippen LogP contribution in [0, 0.1) is 5.82 Å². The maximum Gasteiger partial charge on any atom is 0.251 e. The van der Waals surface area contributed by atoms with Crippen molar-refractivity contribution in [3.8, 4) is 16.9 Å². The molecule has 34 heavy (non-hydrogen) atoms. The fourth-order valence-corrected chi connectivity index (χ4v) is 4.26. The second-order valence-corrected chi connectivity index (χ2v) is 9.12. The van der Waals surface area contributed by atoms with Crippen molar-refractivity contribution in [3.05, 3.63) is 75.7 Å². The van der Waals surface area contributed by atoms with Crippen LogP contribution in [-0.2, 0) is 0 Å². The van der Waals surface area contributed by atoms with E-state index in [2.05, 4.69) is 10.3 Å². The number of amides is 1. The highest BCUT2D eigenvalue weighted by atomic mass is 35.5. The van der Waals surface area contributed by atoms with Crippen molar-refractivity contribution >= 4 is 34.9 Å². The summed E-state index contributed by atoms with van der Waals surface area (Å²) in [4.78, 5) is 18.7. The van der Waals surface area contributed by atoms with Gasteiger partial charge in [0.15, 0.2) is 11.6 Å². The molecule has 3 rings (SSSR count). The zero-order chi connectivity index (χ0) is 25.0. The van der Waals surface area contributed by atoms with Gasteiger partial charge in [-0.2, -0.15) is 0 Å². The monoisotopic (exact) mass is 504 g/mol. The largest absolute Gasteiger partial charge is 0.482 e. The Balaban J connectivity index is 1.79. The molecule has 2 atom stereocenters. The molecule has 1 amide bonds. The quantitative estimate of drug-likeness (QED) is 0.390. The molecule has 2 unspecified atom stereocenters. The van der Waals surface area contributed by atoms with Crippen molar-refractivity contribution in [1.29, 1.82) is 0 Å². The van der Waals surface area contributed by atoms with Crippen LogP contribution in [0.5, 0.6) is 5.75 Å². The molecule has 6 nitrogen and oxygen atoms in total. The van der Waals surface area contributed by atoms with Crippen molar-refractivity contribution in [2.75, 3.05) is 26.4 Å². The van der Waals surface area contributed by atoms with Crippen molar-refractivity contribution in [2.45, 2.75) is 26.0 Å². The number of anilines is 1. The Hall–Kier alpha value is -2.87. The van der Waals surface area contributed by atoms with Gasteiger partial charge in [-0.15, -0.1) is 0 Å². The van der Waals surface area contributed by atoms with E-state index in [1.165, 1.54) is 12.1 Å². The van der Waals surface area contributed by atoms with Crippen LogP contribution < -0.4 is 15.8 Å². The van der Waals surface area contributed by atoms with Crippen LogP contribution in [0.25, 0.3) is 11.1 Å². The number of nitrogens with one attached hydrogen (secondary N) is 1. The van der Waals surface area contributed by atoms with Crippen molar-refractivity contribution < 1.29 is 13.9 Å². The molecule has 3 N–H and O–H groups in total. The number of pyridine rings is 1. The fourth-order valence-electron chi connectivity index (χ4n) is 3.59. The van der Waals surface area contributed by atoms with Gasteiger partial charge >= 0.3 is 0 Å². The van der Waals surface area contributed by atoms with Gasteiger partial charge in [0.2, 0.25) is 0 Å². The van der Waals surface area contributed by atoms with E-state index in [9.17, 15) is 9.18 Å². The molecule has 0 aliphatic heterocycles. The summed E-state index contributed by atoms with van der Waals surface area (Å²) in [5.74, 6) is -0.250. The number of halogens is 3. The van der Waals surface area contributed by atoms with Gasteiger partial charge in [-0.1, -0.05) is 35.3 Å². The number of benzene rings is 2. The molecule has 1 heterocycles. The Bertz CT molecular complexity index is 1170. The maximum absolute atomic E-state index is 13.9. The van der Waals surface area contributed by atoms with Gasteiger partial charge in [0, 0.05) is 40.5 Å². The van der Waals surface area contributed by atoms with E-state index in [1.807, 2.05) is 38.1 Å². The van der Waals surface area contributed by atoms with Gasteiger partial charge in [-0.3, -0.25) is 4.79 Å². The first-order valence-corrected chi connectivity index (χ1v) is 11.4. The molecule has 0 aliphatic rings. The number of nitrogen functional groups attached to an aromatic ring is 1. The number of hydrogen-bond donors (Lipinski definition) is 2. The van der Waals surface area contributed by atoms with E-state index in [0.29, 0.717) is 16.9 Å². The van der Waals surface area contributed by atoms with Gasteiger partial charge in [-0.05, 0) is 63.8 Å². The number of likely N-dealkylation sites (N-methyl/N-ethyl adjacent to an activating group) is 1. The second-order valence-electron chi connectivity index (χ2n) is 8.34. The average Bonchev–Trinajstić information content (AvgIpc) is 2.77. The summed E-state index contributed by atoms with van der Waals surface area (Å²) in [7, 11) is 3.91. The summed E-state index contributed by atoms with van der Waals surface area (Å²) in [6.45, 7) is 4.40. The number of nitrogens with zero attached hydrogens (tertiary/aromatic N) is 2. The third kappa shape index (κ3) is 6.17. The highest BCUT2D eigenvalue weighted by Crippen LogP contribution is 2.37. The van der Waals surface area contributed by atoms with E-state index in [0.717, 1.165) is 17.7 Å². The molecule has 0 radical (unpaired) electrons. The van der Waals surface area contributed by atoms with Crippen LogP contribution in [0.4, 0.5) is 10.2 Å². The number of carbonyl (C=O) groups excluding carboxylic acids is 1. The molecular weight excluding hydrogens is 478 g/mol. The molecule has 0 saturated carbocycles. The number of aromatic nitrogens is 1. The lowest BCUT2D eigenvalue weighted by Gasteiger charge is -2.19. The summed E-state index contributed by atoms with van der Waals surface area (Å²) < 4.78 is 19.9. The van der Waals surface area contributed by atoms with Gasteiger partial charge in [0.05, 0.1) is 5.02 Å². The Labute approximate surface area is 208 Å². The summed E-state index contributed by atoms with van der Waals surface area (Å²) in [5.41, 5.74) is 8.45. The summed E-state index contributed by atoms with van der Waals surface area (Å²) in [5, 5.41) is 3.16. The van der Waals surface area contributed by atoms with Gasteiger partial charge in [0.25, 0.3) is 5.91 Å². The summed E-state index contributed by atoms with van der Waals surface area (Å²) in [6.07, 6.45) is 0.939. The first kappa shape index (κ1) is 25.7. The van der Waals surface area contributed by atoms with Crippen LogP contribution in [0.15, 0.2) is 48.7 Å². The average molecular weight is 505 g/mol. The summed E-state index contributed by atoms with van der Waals surface area (Å²) in [6, 6.07) is 11.5. The smallest absolute Gasteiger partial charge is 0.251 e. The highest BCUT2D eigenvalue weighted by Gasteiger charge is 2.20. The molecule has 0 fully saturated rings. The molecule has 180 valence electrons. The summed E-state index contributed by atoms with van der Waals surface area (Å²) >= 11 is 12.3. The molecule has 3 aromatic rings.